The van der Waals surface area contributed by atoms with E-state index in [9.17, 15) is 0 Å². The molecule has 0 aliphatic rings. The van der Waals surface area contributed by atoms with Gasteiger partial charge in [0.05, 0.1) is 5.69 Å². The van der Waals surface area contributed by atoms with E-state index in [0.29, 0.717) is 0 Å². The topological polar surface area (TPSA) is 17.3 Å². The van der Waals surface area contributed by atoms with Gasteiger partial charge in [-0.2, -0.15) is 0 Å². The Bertz CT molecular complexity index is 406. The van der Waals surface area contributed by atoms with E-state index in [0.717, 1.165) is 11.3 Å². The van der Waals surface area contributed by atoms with E-state index in [1.54, 1.807) is 11.8 Å². The second kappa shape index (κ2) is 2.83. The molecule has 2 aromatic rings. The molecule has 0 N–H and O–H groups in total. The number of imidazole rings is 1. The molecule has 0 spiro atoms. The Morgan fingerprint density at radius 3 is 3.00 bits per heavy atom. The van der Waals surface area contributed by atoms with Gasteiger partial charge in [0.25, 0.3) is 0 Å². The van der Waals surface area contributed by atoms with Crippen LogP contribution in [0.4, 0.5) is 0 Å². The van der Waals surface area contributed by atoms with Crippen molar-refractivity contribution in [3.8, 4) is 0 Å². The fraction of sp³-hybridized carbons (Fsp3) is 0.222. The van der Waals surface area contributed by atoms with Crippen LogP contribution in [-0.4, -0.2) is 15.6 Å². The van der Waals surface area contributed by atoms with Crippen LogP contribution in [0.2, 0.25) is 0 Å². The minimum absolute atomic E-state index is 1.03. The van der Waals surface area contributed by atoms with Crippen molar-refractivity contribution in [1.29, 1.82) is 0 Å². The molecule has 0 bridgehead atoms. The first kappa shape index (κ1) is 7.68. The van der Waals surface area contributed by atoms with Crippen molar-refractivity contribution in [2.45, 2.75) is 11.9 Å². The largest absolute Gasteiger partial charge is 0.294 e. The highest BCUT2D eigenvalue weighted by atomic mass is 32.2. The van der Waals surface area contributed by atoms with Crippen LogP contribution in [0.5, 0.6) is 0 Å². The van der Waals surface area contributed by atoms with E-state index in [1.165, 1.54) is 5.03 Å². The number of pyridine rings is 1. The Hall–Kier alpha value is -0.960. The SMILES string of the molecule is CSc1c(C)nc2ccccn12. The predicted molar refractivity (Wildman–Crippen MR) is 51.7 cm³/mol. The smallest absolute Gasteiger partial charge is 0.137 e. The summed E-state index contributed by atoms with van der Waals surface area (Å²) in [5.41, 5.74) is 2.13. The fourth-order valence-corrected chi connectivity index (χ4v) is 2.03. The Balaban J connectivity index is 2.81. The molecule has 3 heteroatoms. The molecule has 0 fully saturated rings. The predicted octanol–water partition coefficient (Wildman–Crippen LogP) is 2.36. The van der Waals surface area contributed by atoms with E-state index < -0.39 is 0 Å². The molecule has 2 nitrogen and oxygen atoms in total. The van der Waals surface area contributed by atoms with E-state index in [-0.39, 0.29) is 0 Å². The number of thioether (sulfide) groups is 1. The number of aromatic nitrogens is 2. The summed E-state index contributed by atoms with van der Waals surface area (Å²) >= 11 is 1.73. The number of nitrogens with zero attached hydrogens (tertiary/aromatic N) is 2. The highest BCUT2D eigenvalue weighted by Gasteiger charge is 2.04. The van der Waals surface area contributed by atoms with E-state index in [4.69, 9.17) is 0 Å². The fourth-order valence-electron chi connectivity index (χ4n) is 1.34. The summed E-state index contributed by atoms with van der Waals surface area (Å²) in [7, 11) is 0. The van der Waals surface area contributed by atoms with Gasteiger partial charge in [-0.15, -0.1) is 11.8 Å². The van der Waals surface area contributed by atoms with Crippen molar-refractivity contribution in [2.24, 2.45) is 0 Å². The number of hydrogen-bond donors (Lipinski definition) is 0. The van der Waals surface area contributed by atoms with E-state index in [2.05, 4.69) is 15.6 Å². The minimum atomic E-state index is 1.03. The molecule has 12 heavy (non-hydrogen) atoms. The van der Waals surface area contributed by atoms with Crippen molar-refractivity contribution >= 4 is 17.4 Å². The molecule has 0 aromatic carbocycles. The van der Waals surface area contributed by atoms with Gasteiger partial charge in [0.1, 0.15) is 10.7 Å². The standard InChI is InChI=1S/C9H10N2S/c1-7-9(12-2)11-6-4-3-5-8(11)10-7/h3-6H,1-2H3. The van der Waals surface area contributed by atoms with Gasteiger partial charge in [-0.1, -0.05) is 6.07 Å². The van der Waals surface area contributed by atoms with Crippen molar-refractivity contribution in [3.05, 3.63) is 30.1 Å². The molecular formula is C9H10N2S. The monoisotopic (exact) mass is 178 g/mol. The molecule has 2 rings (SSSR count). The zero-order valence-corrected chi connectivity index (χ0v) is 7.93. The maximum absolute atomic E-state index is 4.43. The summed E-state index contributed by atoms with van der Waals surface area (Å²) in [6.07, 6.45) is 4.12. The third kappa shape index (κ3) is 1.01. The minimum Gasteiger partial charge on any atom is -0.294 e. The van der Waals surface area contributed by atoms with E-state index in [1.807, 2.05) is 31.3 Å². The molecule has 0 atom stereocenters. The van der Waals surface area contributed by atoms with Crippen LogP contribution in [-0.2, 0) is 0 Å². The van der Waals surface area contributed by atoms with Gasteiger partial charge in [0.2, 0.25) is 0 Å². The summed E-state index contributed by atoms with van der Waals surface area (Å²) in [6.45, 7) is 2.04. The van der Waals surface area contributed by atoms with Crippen molar-refractivity contribution in [2.75, 3.05) is 6.26 Å². The van der Waals surface area contributed by atoms with Crippen LogP contribution in [0.1, 0.15) is 5.69 Å². The maximum atomic E-state index is 4.43. The Labute approximate surface area is 75.6 Å². The van der Waals surface area contributed by atoms with Crippen molar-refractivity contribution in [1.82, 2.24) is 9.38 Å². The Morgan fingerprint density at radius 2 is 2.25 bits per heavy atom. The summed E-state index contributed by atoms with van der Waals surface area (Å²) in [6, 6.07) is 6.05. The molecule has 0 aliphatic carbocycles. The average molecular weight is 178 g/mol. The zero-order valence-electron chi connectivity index (χ0n) is 7.11. The van der Waals surface area contributed by atoms with Crippen LogP contribution in [0.3, 0.4) is 0 Å². The highest BCUT2D eigenvalue weighted by Crippen LogP contribution is 2.20. The quantitative estimate of drug-likeness (QED) is 0.624. The average Bonchev–Trinajstić information content (AvgIpc) is 2.40. The molecule has 0 saturated heterocycles. The molecule has 2 aromatic heterocycles. The lowest BCUT2D eigenvalue weighted by Crippen LogP contribution is -1.83. The first-order chi connectivity index (χ1) is 5.83. The van der Waals surface area contributed by atoms with Gasteiger partial charge in [0, 0.05) is 6.20 Å². The molecule has 0 aliphatic heterocycles. The van der Waals surface area contributed by atoms with Gasteiger partial charge < -0.3 is 0 Å². The number of fused-ring (bicyclic) bond motifs is 1. The van der Waals surface area contributed by atoms with Crippen LogP contribution in [0.15, 0.2) is 29.4 Å². The number of rotatable bonds is 1. The maximum Gasteiger partial charge on any atom is 0.137 e. The Kier molecular flexibility index (Phi) is 1.81. The molecule has 0 radical (unpaired) electrons. The lowest BCUT2D eigenvalue weighted by molar-refractivity contribution is 1.03. The third-order valence-corrected chi connectivity index (χ3v) is 2.72. The second-order valence-electron chi connectivity index (χ2n) is 2.64. The molecule has 0 saturated carbocycles. The molecule has 62 valence electrons. The van der Waals surface area contributed by atoms with Crippen LogP contribution in [0, 0.1) is 6.92 Å². The summed E-state index contributed by atoms with van der Waals surface area (Å²) in [5.74, 6) is 0. The summed E-state index contributed by atoms with van der Waals surface area (Å²) in [4.78, 5) is 4.43. The van der Waals surface area contributed by atoms with E-state index >= 15 is 0 Å². The highest BCUT2D eigenvalue weighted by molar-refractivity contribution is 7.98. The van der Waals surface area contributed by atoms with Gasteiger partial charge in [0.15, 0.2) is 0 Å². The van der Waals surface area contributed by atoms with Crippen LogP contribution in [0.25, 0.3) is 5.65 Å². The van der Waals surface area contributed by atoms with Gasteiger partial charge in [-0.05, 0) is 25.3 Å². The molecule has 0 unspecified atom stereocenters. The van der Waals surface area contributed by atoms with Crippen molar-refractivity contribution in [3.63, 3.8) is 0 Å². The third-order valence-electron chi connectivity index (χ3n) is 1.84. The van der Waals surface area contributed by atoms with Crippen LogP contribution >= 0.6 is 11.8 Å². The van der Waals surface area contributed by atoms with Crippen molar-refractivity contribution < 1.29 is 0 Å². The van der Waals surface area contributed by atoms with Crippen LogP contribution < -0.4 is 0 Å². The zero-order chi connectivity index (χ0) is 8.55. The first-order valence-corrected chi connectivity index (χ1v) is 5.03. The molecule has 0 amide bonds. The Morgan fingerprint density at radius 1 is 1.42 bits per heavy atom. The van der Waals surface area contributed by atoms with Gasteiger partial charge in [-0.25, -0.2) is 4.98 Å². The lowest BCUT2D eigenvalue weighted by atomic mass is 10.5. The van der Waals surface area contributed by atoms with Gasteiger partial charge in [-0.3, -0.25) is 4.40 Å². The lowest BCUT2D eigenvalue weighted by Gasteiger charge is -1.96. The molecular weight excluding hydrogens is 168 g/mol. The number of hydrogen-bond acceptors (Lipinski definition) is 2. The first-order valence-electron chi connectivity index (χ1n) is 3.80. The second-order valence-corrected chi connectivity index (χ2v) is 3.43. The molecule has 2 heterocycles. The summed E-state index contributed by atoms with van der Waals surface area (Å²) < 4.78 is 2.11. The number of aryl methyl sites for hydroxylation is 1. The normalized spacial score (nSPS) is 10.8. The van der Waals surface area contributed by atoms with Gasteiger partial charge >= 0.3 is 0 Å². The summed E-state index contributed by atoms with van der Waals surface area (Å²) in [5, 5.41) is 1.23.